The summed E-state index contributed by atoms with van der Waals surface area (Å²) in [5.41, 5.74) is 0. The van der Waals surface area contributed by atoms with Crippen LogP contribution in [0.25, 0.3) is 0 Å². The SMILES string of the molecule is CCCC1CCCCN1B(C)O. The first-order chi connectivity index (χ1) is 5.75. The van der Waals surface area contributed by atoms with Crippen molar-refractivity contribution in [2.24, 2.45) is 0 Å². The summed E-state index contributed by atoms with van der Waals surface area (Å²) in [4.78, 5) is 2.24. The van der Waals surface area contributed by atoms with Gasteiger partial charge in [0.1, 0.15) is 0 Å². The fourth-order valence-electron chi connectivity index (χ4n) is 2.16. The molecule has 1 N–H and O–H groups in total. The number of rotatable bonds is 3. The quantitative estimate of drug-likeness (QED) is 0.650. The van der Waals surface area contributed by atoms with E-state index in [0.29, 0.717) is 6.04 Å². The molecular weight excluding hydrogens is 149 g/mol. The van der Waals surface area contributed by atoms with Crippen molar-refractivity contribution < 1.29 is 5.02 Å². The maximum absolute atomic E-state index is 9.50. The number of piperidine rings is 1. The van der Waals surface area contributed by atoms with Gasteiger partial charge in [-0.15, -0.1) is 0 Å². The fourth-order valence-corrected chi connectivity index (χ4v) is 2.16. The van der Waals surface area contributed by atoms with Crippen molar-refractivity contribution in [3.63, 3.8) is 0 Å². The summed E-state index contributed by atoms with van der Waals surface area (Å²) < 4.78 is 0. The van der Waals surface area contributed by atoms with Crippen LogP contribution in [-0.2, 0) is 0 Å². The number of hydrogen-bond donors (Lipinski definition) is 1. The molecule has 0 bridgehead atoms. The van der Waals surface area contributed by atoms with Crippen molar-refractivity contribution in [3.8, 4) is 0 Å². The number of nitrogens with zero attached hydrogens (tertiary/aromatic N) is 1. The van der Waals surface area contributed by atoms with Gasteiger partial charge in [-0.25, -0.2) is 0 Å². The van der Waals surface area contributed by atoms with E-state index in [0.717, 1.165) is 6.54 Å². The van der Waals surface area contributed by atoms with Gasteiger partial charge in [-0.1, -0.05) is 19.8 Å². The van der Waals surface area contributed by atoms with E-state index in [-0.39, 0.29) is 7.05 Å². The van der Waals surface area contributed by atoms with Crippen LogP contribution in [0.3, 0.4) is 0 Å². The summed E-state index contributed by atoms with van der Waals surface area (Å²) in [6, 6.07) is 0.642. The van der Waals surface area contributed by atoms with Crippen molar-refractivity contribution >= 4 is 7.05 Å². The molecule has 3 heteroatoms. The molecular formula is C9H20BNO. The maximum Gasteiger partial charge on any atom is 0.376 e. The van der Waals surface area contributed by atoms with E-state index < -0.39 is 0 Å². The standard InChI is InChI=1S/C9H20BNO/c1-3-6-9-7-4-5-8-11(9)10(2)12/h9,12H,3-8H2,1-2H3. The molecule has 70 valence electrons. The van der Waals surface area contributed by atoms with Crippen LogP contribution >= 0.6 is 0 Å². The van der Waals surface area contributed by atoms with Gasteiger partial charge in [0.15, 0.2) is 0 Å². The smallest absolute Gasteiger partial charge is 0.376 e. The van der Waals surface area contributed by atoms with Crippen molar-refractivity contribution in [1.29, 1.82) is 0 Å². The molecule has 1 saturated heterocycles. The lowest BCUT2D eigenvalue weighted by Crippen LogP contribution is -2.47. The van der Waals surface area contributed by atoms with Crippen LogP contribution in [0.2, 0.25) is 6.82 Å². The summed E-state index contributed by atoms with van der Waals surface area (Å²) in [5.74, 6) is 0. The minimum atomic E-state index is -0.248. The van der Waals surface area contributed by atoms with E-state index in [1.165, 1.54) is 32.1 Å². The van der Waals surface area contributed by atoms with Crippen molar-refractivity contribution in [2.75, 3.05) is 6.54 Å². The monoisotopic (exact) mass is 169 g/mol. The lowest BCUT2D eigenvalue weighted by atomic mass is 9.79. The largest absolute Gasteiger partial charge is 0.437 e. The van der Waals surface area contributed by atoms with E-state index in [2.05, 4.69) is 11.7 Å². The minimum Gasteiger partial charge on any atom is -0.437 e. The van der Waals surface area contributed by atoms with Gasteiger partial charge in [0, 0.05) is 6.04 Å². The maximum atomic E-state index is 9.50. The third-order valence-corrected chi connectivity index (χ3v) is 2.77. The molecule has 0 aromatic heterocycles. The third-order valence-electron chi connectivity index (χ3n) is 2.77. The molecule has 0 amide bonds. The molecule has 0 saturated carbocycles. The molecule has 1 aliphatic heterocycles. The van der Waals surface area contributed by atoms with Crippen LogP contribution in [-0.4, -0.2) is 29.5 Å². The summed E-state index contributed by atoms with van der Waals surface area (Å²) in [6.45, 7) is 5.19. The van der Waals surface area contributed by atoms with Gasteiger partial charge >= 0.3 is 7.05 Å². The molecule has 0 aromatic rings. The van der Waals surface area contributed by atoms with Gasteiger partial charge < -0.3 is 9.83 Å². The second-order valence-corrected chi connectivity index (χ2v) is 3.81. The molecule has 1 fully saturated rings. The summed E-state index contributed by atoms with van der Waals surface area (Å²) in [5, 5.41) is 9.50. The predicted molar refractivity (Wildman–Crippen MR) is 53.1 cm³/mol. The molecule has 0 spiro atoms. The molecule has 1 heterocycles. The Kier molecular flexibility index (Phi) is 4.09. The van der Waals surface area contributed by atoms with Gasteiger partial charge in [-0.3, -0.25) is 0 Å². The average Bonchev–Trinajstić information content (AvgIpc) is 2.05. The third kappa shape index (κ3) is 2.49. The minimum absolute atomic E-state index is 0.248. The highest BCUT2D eigenvalue weighted by Gasteiger charge is 2.26. The van der Waals surface area contributed by atoms with E-state index in [1.807, 2.05) is 6.82 Å². The fraction of sp³-hybridized carbons (Fsp3) is 1.00. The first kappa shape index (κ1) is 10.1. The van der Waals surface area contributed by atoms with Crippen LogP contribution < -0.4 is 0 Å². The Labute approximate surface area is 76.1 Å². The Hall–Kier alpha value is -0.0151. The zero-order valence-corrected chi connectivity index (χ0v) is 8.29. The van der Waals surface area contributed by atoms with Gasteiger partial charge in [0.2, 0.25) is 0 Å². The zero-order chi connectivity index (χ0) is 8.97. The number of hydrogen-bond acceptors (Lipinski definition) is 2. The highest BCUT2D eigenvalue weighted by molar-refractivity contribution is 6.45. The lowest BCUT2D eigenvalue weighted by Gasteiger charge is -2.36. The van der Waals surface area contributed by atoms with Crippen LogP contribution in [0.4, 0.5) is 0 Å². The summed E-state index contributed by atoms with van der Waals surface area (Å²) in [6.07, 6.45) is 6.34. The zero-order valence-electron chi connectivity index (χ0n) is 8.29. The van der Waals surface area contributed by atoms with Crippen LogP contribution in [0.15, 0.2) is 0 Å². The van der Waals surface area contributed by atoms with E-state index in [4.69, 9.17) is 0 Å². The van der Waals surface area contributed by atoms with Crippen LogP contribution in [0.5, 0.6) is 0 Å². The second-order valence-electron chi connectivity index (χ2n) is 3.81. The first-order valence-electron chi connectivity index (χ1n) is 5.19. The molecule has 1 aliphatic rings. The van der Waals surface area contributed by atoms with Crippen molar-refractivity contribution in [1.82, 2.24) is 4.81 Å². The first-order valence-corrected chi connectivity index (χ1v) is 5.19. The van der Waals surface area contributed by atoms with E-state index >= 15 is 0 Å². The Morgan fingerprint density at radius 1 is 1.50 bits per heavy atom. The molecule has 1 rings (SSSR count). The molecule has 0 aromatic carbocycles. The normalized spacial score (nSPS) is 25.8. The van der Waals surface area contributed by atoms with Crippen LogP contribution in [0.1, 0.15) is 39.0 Å². The van der Waals surface area contributed by atoms with Gasteiger partial charge in [0.25, 0.3) is 0 Å². The topological polar surface area (TPSA) is 23.5 Å². The molecule has 12 heavy (non-hydrogen) atoms. The molecule has 0 radical (unpaired) electrons. The summed E-state index contributed by atoms with van der Waals surface area (Å²) >= 11 is 0. The van der Waals surface area contributed by atoms with Crippen molar-refractivity contribution in [3.05, 3.63) is 0 Å². The molecule has 1 unspecified atom stereocenters. The lowest BCUT2D eigenvalue weighted by molar-refractivity contribution is 0.213. The second kappa shape index (κ2) is 4.88. The van der Waals surface area contributed by atoms with Gasteiger partial charge in [-0.2, -0.15) is 0 Å². The highest BCUT2D eigenvalue weighted by Crippen LogP contribution is 2.20. The molecule has 1 atom stereocenters. The Morgan fingerprint density at radius 2 is 2.25 bits per heavy atom. The Bertz CT molecular complexity index is 128. The average molecular weight is 169 g/mol. The summed E-state index contributed by atoms with van der Waals surface area (Å²) in [7, 11) is -0.248. The van der Waals surface area contributed by atoms with E-state index in [1.54, 1.807) is 0 Å². The molecule has 0 aliphatic carbocycles. The van der Waals surface area contributed by atoms with Gasteiger partial charge in [0.05, 0.1) is 0 Å². The Morgan fingerprint density at radius 3 is 2.83 bits per heavy atom. The molecule has 2 nitrogen and oxygen atoms in total. The van der Waals surface area contributed by atoms with Crippen LogP contribution in [0, 0.1) is 0 Å². The van der Waals surface area contributed by atoms with Crippen molar-refractivity contribution in [2.45, 2.75) is 51.9 Å². The predicted octanol–water partition coefficient (Wildman–Crippen LogP) is 1.75. The van der Waals surface area contributed by atoms with Gasteiger partial charge in [-0.05, 0) is 32.6 Å². The highest BCUT2D eigenvalue weighted by atomic mass is 16.2. The Balaban J connectivity index is 2.42. The van der Waals surface area contributed by atoms with E-state index in [9.17, 15) is 5.02 Å².